The number of benzene rings is 1. The molecule has 5 rings (SSSR count). The summed E-state index contributed by atoms with van der Waals surface area (Å²) in [7, 11) is -4.50. The molecule has 0 heterocycles. The highest BCUT2D eigenvalue weighted by Gasteiger charge is 2.63. The normalized spacial score (nSPS) is 37.8. The van der Waals surface area contributed by atoms with Gasteiger partial charge in [-0.15, -0.1) is 0 Å². The van der Waals surface area contributed by atoms with Gasteiger partial charge in [-0.2, -0.15) is 8.42 Å². The number of Topliss-reactive ketones (excluding diaryl/α,β-unsaturated/α-hetero) is 1. The molecule has 8 heteroatoms. The fourth-order valence-corrected chi connectivity index (χ4v) is 10.8. The number of carbonyl (C=O) groups excluding carboxylic acids is 2. The minimum atomic E-state index is -4.50. The maximum atomic E-state index is 13.4. The van der Waals surface area contributed by atoms with Gasteiger partial charge in [0.15, 0.2) is 0 Å². The van der Waals surface area contributed by atoms with Crippen LogP contribution in [0, 0.1) is 52.3 Å². The number of hydrogen-bond donors (Lipinski definition) is 1. The van der Waals surface area contributed by atoms with Gasteiger partial charge in [-0.25, -0.2) is 8.98 Å². The van der Waals surface area contributed by atoms with Crippen molar-refractivity contribution in [3.63, 3.8) is 0 Å². The number of hydrogen-bond acceptors (Lipinski definition) is 6. The Kier molecular flexibility index (Phi) is 9.01. The first-order valence-electron chi connectivity index (χ1n) is 16.2. The van der Waals surface area contributed by atoms with E-state index in [-0.39, 0.29) is 40.7 Å². The average Bonchev–Trinajstić information content (AvgIpc) is 3.28. The molecule has 0 amide bonds. The molecule has 0 spiro atoms. The summed E-state index contributed by atoms with van der Waals surface area (Å²) in [5.41, 5.74) is 0.769. The average molecular weight is 603 g/mol. The third kappa shape index (κ3) is 6.10. The second kappa shape index (κ2) is 12.0. The van der Waals surface area contributed by atoms with Gasteiger partial charge in [0.1, 0.15) is 11.9 Å². The van der Waals surface area contributed by atoms with Gasteiger partial charge in [0.25, 0.3) is 0 Å². The zero-order valence-electron chi connectivity index (χ0n) is 26.0. The zero-order valence-corrected chi connectivity index (χ0v) is 26.8. The van der Waals surface area contributed by atoms with E-state index >= 15 is 0 Å². The fraction of sp³-hybridized carbons (Fsp3) is 0.765. The predicted octanol–water partition coefficient (Wildman–Crippen LogP) is 7.31. The zero-order chi connectivity index (χ0) is 30.4. The van der Waals surface area contributed by atoms with E-state index in [4.69, 9.17) is 8.92 Å². The van der Waals surface area contributed by atoms with Crippen molar-refractivity contribution in [1.29, 1.82) is 0 Å². The van der Waals surface area contributed by atoms with Crippen molar-refractivity contribution in [1.82, 2.24) is 0 Å². The molecular formula is C34H50O7S. The molecule has 4 fully saturated rings. The van der Waals surface area contributed by atoms with Crippen LogP contribution in [0.4, 0.5) is 0 Å². The van der Waals surface area contributed by atoms with Crippen LogP contribution in [0.3, 0.4) is 0 Å². The molecular weight excluding hydrogens is 552 g/mol. The van der Waals surface area contributed by atoms with Crippen molar-refractivity contribution < 1.29 is 31.5 Å². The van der Waals surface area contributed by atoms with Crippen molar-refractivity contribution in [2.75, 3.05) is 0 Å². The Morgan fingerprint density at radius 1 is 1.00 bits per heavy atom. The highest BCUT2D eigenvalue weighted by molar-refractivity contribution is 7.80. The van der Waals surface area contributed by atoms with Crippen LogP contribution in [0.1, 0.15) is 109 Å². The highest BCUT2D eigenvalue weighted by atomic mass is 32.3. The van der Waals surface area contributed by atoms with Crippen LogP contribution in [-0.2, 0) is 24.1 Å². The minimum absolute atomic E-state index is 0.0279. The van der Waals surface area contributed by atoms with Gasteiger partial charge >= 0.3 is 16.4 Å². The Morgan fingerprint density at radius 3 is 2.36 bits per heavy atom. The summed E-state index contributed by atoms with van der Waals surface area (Å²) in [6, 6.07) is 9.25. The first kappa shape index (κ1) is 31.6. The largest absolute Gasteiger partial charge is 0.458 e. The number of esters is 1. The van der Waals surface area contributed by atoms with E-state index < -0.39 is 16.5 Å². The standard InChI is InChI=1S/C34H50O7S/c1-21(2)29(41-42(37,38)39)14-11-22(3)26-12-13-27-31-28(16-18-34(26,27)5)33(4)17-15-25(35)19-24(33)20-30(31)40-32(36)23-9-7-6-8-10-23/h6-10,21-22,24,26-31H,11-20H2,1-5H3,(H,37,38,39)/t22?,24-,26?,27?,28?,29?,30-,31?,33+,34?/m1/s1. The summed E-state index contributed by atoms with van der Waals surface area (Å²) >= 11 is 0. The quantitative estimate of drug-likeness (QED) is 0.233. The Morgan fingerprint density at radius 2 is 1.69 bits per heavy atom. The smallest absolute Gasteiger partial charge is 0.397 e. The maximum absolute atomic E-state index is 13.4. The summed E-state index contributed by atoms with van der Waals surface area (Å²) in [5, 5.41) is 0. The maximum Gasteiger partial charge on any atom is 0.397 e. The van der Waals surface area contributed by atoms with Gasteiger partial charge < -0.3 is 4.74 Å². The van der Waals surface area contributed by atoms with Crippen LogP contribution in [-0.4, -0.2) is 36.9 Å². The third-order valence-corrected chi connectivity index (χ3v) is 12.9. The van der Waals surface area contributed by atoms with Crippen LogP contribution in [0.5, 0.6) is 0 Å². The Balaban J connectivity index is 1.38. The molecule has 1 N–H and O–H groups in total. The van der Waals surface area contributed by atoms with E-state index in [9.17, 15) is 22.6 Å². The van der Waals surface area contributed by atoms with Gasteiger partial charge in [-0.3, -0.25) is 9.35 Å². The van der Waals surface area contributed by atoms with Crippen molar-refractivity contribution in [3.8, 4) is 0 Å². The molecule has 42 heavy (non-hydrogen) atoms. The second-order valence-corrected chi connectivity index (χ2v) is 15.9. The molecule has 10 atom stereocenters. The van der Waals surface area contributed by atoms with Gasteiger partial charge in [-0.05, 0) is 110 Å². The van der Waals surface area contributed by atoms with Crippen LogP contribution in [0.25, 0.3) is 0 Å². The summed E-state index contributed by atoms with van der Waals surface area (Å²) in [4.78, 5) is 26.0. The van der Waals surface area contributed by atoms with E-state index in [0.717, 1.165) is 44.9 Å². The molecule has 4 aliphatic rings. The lowest BCUT2D eigenvalue weighted by Crippen LogP contribution is -2.59. The Hall–Kier alpha value is -1.77. The number of ketones is 1. The molecule has 0 saturated heterocycles. The molecule has 1 aromatic rings. The van der Waals surface area contributed by atoms with E-state index in [0.29, 0.717) is 54.3 Å². The summed E-state index contributed by atoms with van der Waals surface area (Å²) in [5.74, 6) is 2.29. The van der Waals surface area contributed by atoms with Crippen LogP contribution in [0.2, 0.25) is 0 Å². The fourth-order valence-electron chi connectivity index (χ4n) is 10.1. The van der Waals surface area contributed by atoms with Crippen LogP contribution < -0.4 is 0 Å². The number of ether oxygens (including phenoxy) is 1. The van der Waals surface area contributed by atoms with Crippen molar-refractivity contribution in [3.05, 3.63) is 35.9 Å². The first-order chi connectivity index (χ1) is 19.7. The molecule has 7 unspecified atom stereocenters. The van der Waals surface area contributed by atoms with Gasteiger partial charge in [0.2, 0.25) is 0 Å². The molecule has 7 nitrogen and oxygen atoms in total. The molecule has 0 bridgehead atoms. The predicted molar refractivity (Wildman–Crippen MR) is 161 cm³/mol. The minimum Gasteiger partial charge on any atom is -0.458 e. The molecule has 0 radical (unpaired) electrons. The number of carbonyl (C=O) groups is 2. The third-order valence-electron chi connectivity index (χ3n) is 12.4. The lowest BCUT2D eigenvalue weighted by atomic mass is 9.43. The van der Waals surface area contributed by atoms with Crippen molar-refractivity contribution in [2.24, 2.45) is 52.3 Å². The van der Waals surface area contributed by atoms with E-state index in [2.05, 4.69) is 20.8 Å². The number of fused-ring (bicyclic) bond motifs is 5. The summed E-state index contributed by atoms with van der Waals surface area (Å²) in [6.07, 6.45) is 8.03. The monoisotopic (exact) mass is 602 g/mol. The molecule has 0 aliphatic heterocycles. The van der Waals surface area contributed by atoms with Gasteiger partial charge in [0, 0.05) is 18.8 Å². The SMILES string of the molecule is CC(C)C(CCC(C)C1CCC2C3C(CCC12C)[C@@]1(C)CCC(=O)C[C@@H]1C[C@H]3OC(=O)c1ccccc1)OS(=O)(=O)O. The molecule has 234 valence electrons. The topological polar surface area (TPSA) is 107 Å². The van der Waals surface area contributed by atoms with Crippen LogP contribution in [0.15, 0.2) is 30.3 Å². The number of rotatable bonds is 9. The summed E-state index contributed by atoms with van der Waals surface area (Å²) in [6.45, 7) is 11.0. The second-order valence-electron chi connectivity index (χ2n) is 14.9. The Bertz CT molecular complexity index is 1250. The summed E-state index contributed by atoms with van der Waals surface area (Å²) < 4.78 is 43.6. The lowest BCUT2D eigenvalue weighted by Gasteiger charge is -2.62. The van der Waals surface area contributed by atoms with E-state index in [1.807, 2.05) is 44.2 Å². The highest BCUT2D eigenvalue weighted by Crippen LogP contribution is 2.68. The van der Waals surface area contributed by atoms with Gasteiger partial charge in [-0.1, -0.05) is 52.8 Å². The molecule has 4 aliphatic carbocycles. The first-order valence-corrected chi connectivity index (χ1v) is 17.5. The van der Waals surface area contributed by atoms with E-state index in [1.54, 1.807) is 0 Å². The molecule has 0 aromatic heterocycles. The van der Waals surface area contributed by atoms with Crippen molar-refractivity contribution >= 4 is 22.2 Å². The van der Waals surface area contributed by atoms with Gasteiger partial charge in [0.05, 0.1) is 11.7 Å². The molecule has 4 saturated carbocycles. The van der Waals surface area contributed by atoms with E-state index in [1.165, 1.54) is 0 Å². The Labute approximate surface area is 252 Å². The van der Waals surface area contributed by atoms with Crippen molar-refractivity contribution in [2.45, 2.75) is 111 Å². The van der Waals surface area contributed by atoms with Crippen LogP contribution >= 0.6 is 0 Å². The molecule has 1 aromatic carbocycles. The lowest BCUT2D eigenvalue weighted by molar-refractivity contribution is -0.170.